The van der Waals surface area contributed by atoms with Gasteiger partial charge in [-0.15, -0.1) is 6.42 Å². The topological polar surface area (TPSA) is 83.7 Å². The number of nitro benzene ring substituents is 1. The molecule has 1 aromatic carbocycles. The maximum atomic E-state index is 10.8. The van der Waals surface area contributed by atoms with Gasteiger partial charge in [0.25, 0.3) is 5.69 Å². The molecule has 0 amide bonds. The number of aliphatic carboxylic acids is 1. The van der Waals surface area contributed by atoms with Crippen LogP contribution in [0.4, 0.5) is 11.4 Å². The van der Waals surface area contributed by atoms with Crippen LogP contribution in [-0.4, -0.2) is 29.1 Å². The molecule has 19 heavy (non-hydrogen) atoms. The highest BCUT2D eigenvalue weighted by molar-refractivity contribution is 5.68. The molecule has 1 rings (SSSR count). The van der Waals surface area contributed by atoms with Gasteiger partial charge in [-0.2, -0.15) is 0 Å². The molecule has 6 heteroatoms. The lowest BCUT2D eigenvalue weighted by atomic mass is 10.1. The molecule has 100 valence electrons. The lowest BCUT2D eigenvalue weighted by molar-refractivity contribution is -0.384. The zero-order valence-corrected chi connectivity index (χ0v) is 10.5. The van der Waals surface area contributed by atoms with Gasteiger partial charge in [0.1, 0.15) is 0 Å². The summed E-state index contributed by atoms with van der Waals surface area (Å²) in [5, 5.41) is 19.5. The maximum Gasteiger partial charge on any atom is 0.305 e. The van der Waals surface area contributed by atoms with Crippen LogP contribution in [0.5, 0.6) is 0 Å². The van der Waals surface area contributed by atoms with Crippen molar-refractivity contribution in [2.45, 2.75) is 13.3 Å². The zero-order chi connectivity index (χ0) is 14.4. The summed E-state index contributed by atoms with van der Waals surface area (Å²) in [4.78, 5) is 22.5. The molecule has 0 bridgehead atoms. The maximum absolute atomic E-state index is 10.8. The van der Waals surface area contributed by atoms with Gasteiger partial charge in [0, 0.05) is 24.4 Å². The van der Waals surface area contributed by atoms with E-state index in [4.69, 9.17) is 11.5 Å². The normalized spacial score (nSPS) is 9.68. The van der Waals surface area contributed by atoms with Crippen molar-refractivity contribution in [3.05, 3.63) is 33.9 Å². The highest BCUT2D eigenvalue weighted by Crippen LogP contribution is 2.25. The fourth-order valence-electron chi connectivity index (χ4n) is 1.68. The Morgan fingerprint density at radius 1 is 1.58 bits per heavy atom. The number of terminal acetylenes is 1. The second-order valence-electron chi connectivity index (χ2n) is 4.00. The van der Waals surface area contributed by atoms with Crippen LogP contribution in [-0.2, 0) is 4.79 Å². The molecule has 6 nitrogen and oxygen atoms in total. The molecule has 0 heterocycles. The predicted molar refractivity (Wildman–Crippen MR) is 71.1 cm³/mol. The van der Waals surface area contributed by atoms with E-state index in [9.17, 15) is 14.9 Å². The Morgan fingerprint density at radius 3 is 2.79 bits per heavy atom. The second-order valence-corrected chi connectivity index (χ2v) is 4.00. The fraction of sp³-hybridized carbons (Fsp3) is 0.308. The standard InChI is InChI=1S/C13H14N2O4/c1-3-7-14(8-6-13(16)17)12-9-11(15(18)19)5-4-10(12)2/h1,4-5,9H,6-8H2,2H3,(H,16,17). The first-order valence-corrected chi connectivity index (χ1v) is 5.61. The molecule has 0 radical (unpaired) electrons. The first-order chi connectivity index (χ1) is 8.95. The van der Waals surface area contributed by atoms with Gasteiger partial charge in [-0.3, -0.25) is 14.9 Å². The Labute approximate surface area is 110 Å². The van der Waals surface area contributed by atoms with E-state index in [1.54, 1.807) is 17.9 Å². The molecule has 0 saturated heterocycles. The number of carboxylic acid groups (broad SMARTS) is 1. The van der Waals surface area contributed by atoms with E-state index < -0.39 is 10.9 Å². The Morgan fingerprint density at radius 2 is 2.26 bits per heavy atom. The lowest BCUT2D eigenvalue weighted by Crippen LogP contribution is -2.27. The third-order valence-corrected chi connectivity index (χ3v) is 2.62. The summed E-state index contributed by atoms with van der Waals surface area (Å²) in [7, 11) is 0. The van der Waals surface area contributed by atoms with Crippen LogP contribution in [0.2, 0.25) is 0 Å². The lowest BCUT2D eigenvalue weighted by Gasteiger charge is -2.23. The van der Waals surface area contributed by atoms with Crippen molar-refractivity contribution in [3.8, 4) is 12.3 Å². The van der Waals surface area contributed by atoms with Crippen molar-refractivity contribution in [1.82, 2.24) is 0 Å². The van der Waals surface area contributed by atoms with E-state index >= 15 is 0 Å². The summed E-state index contributed by atoms with van der Waals surface area (Å²) in [5.41, 5.74) is 1.36. The van der Waals surface area contributed by atoms with E-state index in [-0.39, 0.29) is 25.2 Å². The Hall–Kier alpha value is -2.55. The van der Waals surface area contributed by atoms with Gasteiger partial charge in [0.2, 0.25) is 0 Å². The second kappa shape index (κ2) is 6.40. The SMILES string of the molecule is C#CCN(CCC(=O)O)c1cc([N+](=O)[O-])ccc1C. The molecule has 0 aliphatic heterocycles. The summed E-state index contributed by atoms with van der Waals surface area (Å²) in [5.74, 6) is 1.49. The minimum atomic E-state index is -0.940. The van der Waals surface area contributed by atoms with Crippen LogP contribution < -0.4 is 4.90 Å². The van der Waals surface area contributed by atoms with Gasteiger partial charge in [0.15, 0.2) is 0 Å². The molecular formula is C13H14N2O4. The van der Waals surface area contributed by atoms with Crippen molar-refractivity contribution < 1.29 is 14.8 Å². The smallest absolute Gasteiger partial charge is 0.305 e. The average Bonchev–Trinajstić information content (AvgIpc) is 2.35. The average molecular weight is 262 g/mol. The number of nitrogens with zero attached hydrogens (tertiary/aromatic N) is 2. The van der Waals surface area contributed by atoms with Gasteiger partial charge in [0.05, 0.1) is 17.9 Å². The highest BCUT2D eigenvalue weighted by Gasteiger charge is 2.14. The van der Waals surface area contributed by atoms with E-state index in [1.807, 2.05) is 0 Å². The minimum absolute atomic E-state index is 0.0436. The van der Waals surface area contributed by atoms with Gasteiger partial charge in [-0.05, 0) is 12.5 Å². The summed E-state index contributed by atoms with van der Waals surface area (Å²) in [6.45, 7) is 2.21. The number of nitro groups is 1. The number of aryl methyl sites for hydroxylation is 1. The minimum Gasteiger partial charge on any atom is -0.481 e. The molecule has 0 unspecified atom stereocenters. The molecule has 0 spiro atoms. The summed E-state index contributed by atoms with van der Waals surface area (Å²) >= 11 is 0. The Balaban J connectivity index is 3.06. The van der Waals surface area contributed by atoms with Crippen molar-refractivity contribution >= 4 is 17.3 Å². The predicted octanol–water partition coefficient (Wildman–Crippen LogP) is 1.82. The van der Waals surface area contributed by atoms with E-state index in [0.29, 0.717) is 5.69 Å². The van der Waals surface area contributed by atoms with Crippen molar-refractivity contribution in [1.29, 1.82) is 0 Å². The zero-order valence-electron chi connectivity index (χ0n) is 10.5. The number of carboxylic acids is 1. The van der Waals surface area contributed by atoms with Crippen molar-refractivity contribution in [2.75, 3.05) is 18.0 Å². The number of rotatable bonds is 6. The molecule has 0 aliphatic carbocycles. The van der Waals surface area contributed by atoms with Crippen LogP contribution in [0.3, 0.4) is 0 Å². The van der Waals surface area contributed by atoms with Gasteiger partial charge < -0.3 is 10.0 Å². The Bertz CT molecular complexity index is 534. The summed E-state index contributed by atoms with van der Waals surface area (Å²) in [6.07, 6.45) is 5.17. The summed E-state index contributed by atoms with van der Waals surface area (Å²) in [6, 6.07) is 4.44. The largest absolute Gasteiger partial charge is 0.481 e. The fourth-order valence-corrected chi connectivity index (χ4v) is 1.68. The van der Waals surface area contributed by atoms with Crippen LogP contribution in [0.25, 0.3) is 0 Å². The third kappa shape index (κ3) is 4.00. The monoisotopic (exact) mass is 262 g/mol. The molecule has 0 saturated carbocycles. The Kier molecular flexibility index (Phi) is 4.89. The van der Waals surface area contributed by atoms with Crippen molar-refractivity contribution in [2.24, 2.45) is 0 Å². The molecular weight excluding hydrogens is 248 g/mol. The number of hydrogen-bond acceptors (Lipinski definition) is 4. The van der Waals surface area contributed by atoms with Crippen LogP contribution in [0.1, 0.15) is 12.0 Å². The number of non-ortho nitro benzene ring substituents is 1. The number of anilines is 1. The first-order valence-electron chi connectivity index (χ1n) is 5.61. The number of hydrogen-bond donors (Lipinski definition) is 1. The first kappa shape index (κ1) is 14.5. The van der Waals surface area contributed by atoms with E-state index in [1.165, 1.54) is 12.1 Å². The molecule has 0 aliphatic rings. The van der Waals surface area contributed by atoms with Crippen molar-refractivity contribution in [3.63, 3.8) is 0 Å². The quantitative estimate of drug-likeness (QED) is 0.480. The van der Waals surface area contributed by atoms with Gasteiger partial charge >= 0.3 is 5.97 Å². The van der Waals surface area contributed by atoms with E-state index in [2.05, 4.69) is 5.92 Å². The molecule has 0 aromatic heterocycles. The van der Waals surface area contributed by atoms with Gasteiger partial charge in [-0.25, -0.2) is 0 Å². The summed E-state index contributed by atoms with van der Waals surface area (Å²) < 4.78 is 0. The number of benzene rings is 1. The highest BCUT2D eigenvalue weighted by atomic mass is 16.6. The molecule has 0 atom stereocenters. The molecule has 1 N–H and O–H groups in total. The molecule has 0 fully saturated rings. The third-order valence-electron chi connectivity index (χ3n) is 2.62. The van der Waals surface area contributed by atoms with Gasteiger partial charge in [-0.1, -0.05) is 12.0 Å². The molecule has 1 aromatic rings. The number of carbonyl (C=O) groups is 1. The van der Waals surface area contributed by atoms with Crippen LogP contribution >= 0.6 is 0 Å². The van der Waals surface area contributed by atoms with Crippen LogP contribution in [0, 0.1) is 29.4 Å². The van der Waals surface area contributed by atoms with E-state index in [0.717, 1.165) is 5.56 Å². The van der Waals surface area contributed by atoms with Crippen LogP contribution in [0.15, 0.2) is 18.2 Å².